The first-order valence-corrected chi connectivity index (χ1v) is 8.04. The van der Waals surface area contributed by atoms with Crippen molar-refractivity contribution in [1.29, 1.82) is 0 Å². The van der Waals surface area contributed by atoms with Crippen molar-refractivity contribution < 1.29 is 4.79 Å². The van der Waals surface area contributed by atoms with Crippen LogP contribution in [0.15, 0.2) is 39.3 Å². The number of H-pyrrole nitrogens is 2. The second kappa shape index (κ2) is 6.71. The minimum Gasteiger partial charge on any atom is -0.351 e. The number of aryl methyl sites for hydroxylation is 1. The molecule has 0 saturated heterocycles. The molecule has 2 heterocycles. The highest BCUT2D eigenvalue weighted by atomic mass is 32.2. The number of aromatic nitrogens is 5. The lowest BCUT2D eigenvalue weighted by Gasteiger charge is -2.06. The molecule has 1 aromatic carbocycles. The fourth-order valence-corrected chi connectivity index (χ4v) is 2.81. The second-order valence-electron chi connectivity index (χ2n) is 5.00. The van der Waals surface area contributed by atoms with Crippen molar-refractivity contribution in [2.24, 2.45) is 7.05 Å². The fourth-order valence-electron chi connectivity index (χ4n) is 2.07. The highest BCUT2D eigenvalue weighted by Gasteiger charge is 2.08. The van der Waals surface area contributed by atoms with Crippen LogP contribution in [-0.4, -0.2) is 42.9 Å². The first kappa shape index (κ1) is 16.0. The predicted octanol–water partition coefficient (Wildman–Crippen LogP) is -0.133. The molecule has 9 nitrogen and oxygen atoms in total. The SMILES string of the molecule is Cn1cnnc1SCCNC(=O)c1ccc2[nH]c(=O)c(=O)[nH]c2c1. The minimum absolute atomic E-state index is 0.262. The lowest BCUT2D eigenvalue weighted by molar-refractivity contribution is 0.0956. The highest BCUT2D eigenvalue weighted by molar-refractivity contribution is 7.99. The molecule has 0 aliphatic heterocycles. The van der Waals surface area contributed by atoms with Crippen LogP contribution in [0.25, 0.3) is 11.0 Å². The maximum absolute atomic E-state index is 12.2. The molecule has 0 aliphatic carbocycles. The minimum atomic E-state index is -0.750. The van der Waals surface area contributed by atoms with Gasteiger partial charge >= 0.3 is 11.1 Å². The first-order chi connectivity index (χ1) is 11.5. The Bertz CT molecular complexity index is 1010. The molecular formula is C14H14N6O3S. The van der Waals surface area contributed by atoms with Crippen LogP contribution in [0.2, 0.25) is 0 Å². The summed E-state index contributed by atoms with van der Waals surface area (Å²) in [5, 5.41) is 11.3. The summed E-state index contributed by atoms with van der Waals surface area (Å²) >= 11 is 1.48. The number of hydrogen-bond donors (Lipinski definition) is 3. The van der Waals surface area contributed by atoms with Gasteiger partial charge in [0.1, 0.15) is 6.33 Å². The predicted molar refractivity (Wildman–Crippen MR) is 89.2 cm³/mol. The Morgan fingerprint density at radius 2 is 2.00 bits per heavy atom. The zero-order valence-corrected chi connectivity index (χ0v) is 13.5. The van der Waals surface area contributed by atoms with E-state index in [2.05, 4.69) is 25.5 Å². The maximum atomic E-state index is 12.2. The summed E-state index contributed by atoms with van der Waals surface area (Å²) in [6.07, 6.45) is 1.61. The normalized spacial score (nSPS) is 10.9. The molecule has 24 heavy (non-hydrogen) atoms. The van der Waals surface area contributed by atoms with Gasteiger partial charge in [-0.2, -0.15) is 0 Å². The first-order valence-electron chi connectivity index (χ1n) is 7.06. The number of benzene rings is 1. The zero-order valence-electron chi connectivity index (χ0n) is 12.7. The molecule has 124 valence electrons. The average Bonchev–Trinajstić information content (AvgIpc) is 2.97. The van der Waals surface area contributed by atoms with Gasteiger partial charge in [0, 0.05) is 24.9 Å². The summed E-state index contributed by atoms with van der Waals surface area (Å²) in [7, 11) is 1.85. The van der Waals surface area contributed by atoms with Crippen LogP contribution >= 0.6 is 11.8 Å². The van der Waals surface area contributed by atoms with Gasteiger partial charge < -0.3 is 19.9 Å². The summed E-state index contributed by atoms with van der Waals surface area (Å²) in [6, 6.07) is 4.69. The van der Waals surface area contributed by atoms with E-state index in [1.54, 1.807) is 23.0 Å². The standard InChI is InChI=1S/C14H14N6O3S/c1-20-7-16-19-14(20)24-5-4-15-11(21)8-2-3-9-10(6-8)18-13(23)12(22)17-9/h2-3,6-7H,4-5H2,1H3,(H,15,21)(H,17,22)(H,18,23). The van der Waals surface area contributed by atoms with Crippen LogP contribution in [0.3, 0.4) is 0 Å². The van der Waals surface area contributed by atoms with E-state index in [0.29, 0.717) is 28.9 Å². The molecule has 0 atom stereocenters. The number of amides is 1. The Hall–Kier alpha value is -2.88. The molecule has 3 N–H and O–H groups in total. The Morgan fingerprint density at radius 3 is 2.71 bits per heavy atom. The molecule has 0 bridgehead atoms. The average molecular weight is 346 g/mol. The van der Waals surface area contributed by atoms with Crippen molar-refractivity contribution in [2.45, 2.75) is 5.16 Å². The third kappa shape index (κ3) is 3.38. The van der Waals surface area contributed by atoms with E-state index in [0.717, 1.165) is 5.16 Å². The number of rotatable bonds is 5. The van der Waals surface area contributed by atoms with Gasteiger partial charge in [-0.25, -0.2) is 0 Å². The van der Waals surface area contributed by atoms with Crippen LogP contribution in [-0.2, 0) is 7.05 Å². The maximum Gasteiger partial charge on any atom is 0.314 e. The van der Waals surface area contributed by atoms with Crippen LogP contribution in [0.1, 0.15) is 10.4 Å². The van der Waals surface area contributed by atoms with Gasteiger partial charge in [-0.3, -0.25) is 14.4 Å². The van der Waals surface area contributed by atoms with Crippen molar-refractivity contribution in [1.82, 2.24) is 30.0 Å². The molecule has 0 spiro atoms. The highest BCUT2D eigenvalue weighted by Crippen LogP contribution is 2.12. The summed E-state index contributed by atoms with van der Waals surface area (Å²) in [6.45, 7) is 0.455. The molecule has 0 radical (unpaired) electrons. The number of nitrogens with one attached hydrogen (secondary N) is 3. The molecule has 0 aliphatic rings. The van der Waals surface area contributed by atoms with Crippen LogP contribution in [0, 0.1) is 0 Å². The number of fused-ring (bicyclic) bond motifs is 1. The van der Waals surface area contributed by atoms with E-state index < -0.39 is 11.1 Å². The van der Waals surface area contributed by atoms with E-state index in [4.69, 9.17) is 0 Å². The topological polar surface area (TPSA) is 126 Å². The lowest BCUT2D eigenvalue weighted by atomic mass is 10.2. The number of carbonyl (C=O) groups excluding carboxylic acids is 1. The third-order valence-corrected chi connectivity index (χ3v) is 4.31. The largest absolute Gasteiger partial charge is 0.351 e. The van der Waals surface area contributed by atoms with Gasteiger partial charge in [-0.05, 0) is 18.2 Å². The number of thioether (sulfide) groups is 1. The van der Waals surface area contributed by atoms with Gasteiger partial charge in [0.05, 0.1) is 11.0 Å². The number of aromatic amines is 2. The van der Waals surface area contributed by atoms with Crippen molar-refractivity contribution in [2.75, 3.05) is 12.3 Å². The molecule has 3 aromatic rings. The van der Waals surface area contributed by atoms with Crippen molar-refractivity contribution in [3.05, 3.63) is 50.8 Å². The molecule has 2 aromatic heterocycles. The van der Waals surface area contributed by atoms with E-state index in [-0.39, 0.29) is 5.91 Å². The fraction of sp³-hybridized carbons (Fsp3) is 0.214. The van der Waals surface area contributed by atoms with E-state index in [9.17, 15) is 14.4 Å². The van der Waals surface area contributed by atoms with Crippen LogP contribution in [0.5, 0.6) is 0 Å². The smallest absolute Gasteiger partial charge is 0.314 e. The monoisotopic (exact) mass is 346 g/mol. The molecule has 3 rings (SSSR count). The van der Waals surface area contributed by atoms with Gasteiger partial charge in [0.15, 0.2) is 5.16 Å². The number of carbonyl (C=O) groups is 1. The van der Waals surface area contributed by atoms with Crippen LogP contribution in [0.4, 0.5) is 0 Å². The van der Waals surface area contributed by atoms with Gasteiger partial charge in [0.25, 0.3) is 5.91 Å². The van der Waals surface area contributed by atoms with Gasteiger partial charge in [-0.15, -0.1) is 10.2 Å². The second-order valence-corrected chi connectivity index (χ2v) is 6.06. The van der Waals surface area contributed by atoms with Crippen molar-refractivity contribution in [3.8, 4) is 0 Å². The van der Waals surface area contributed by atoms with E-state index >= 15 is 0 Å². The van der Waals surface area contributed by atoms with Crippen LogP contribution < -0.4 is 16.4 Å². The zero-order chi connectivity index (χ0) is 17.1. The summed E-state index contributed by atoms with van der Waals surface area (Å²) in [5.41, 5.74) is -0.204. The molecule has 1 amide bonds. The molecule has 0 fully saturated rings. The summed E-state index contributed by atoms with van der Waals surface area (Å²) in [5.74, 6) is 0.387. The molecule has 0 saturated carbocycles. The van der Waals surface area contributed by atoms with Crippen molar-refractivity contribution >= 4 is 28.7 Å². The Morgan fingerprint density at radius 1 is 1.25 bits per heavy atom. The Balaban J connectivity index is 1.63. The third-order valence-electron chi connectivity index (χ3n) is 3.27. The van der Waals surface area contributed by atoms with E-state index in [1.165, 1.54) is 17.8 Å². The number of nitrogens with zero attached hydrogens (tertiary/aromatic N) is 3. The molecular weight excluding hydrogens is 332 g/mol. The van der Waals surface area contributed by atoms with Crippen molar-refractivity contribution in [3.63, 3.8) is 0 Å². The van der Waals surface area contributed by atoms with Gasteiger partial charge in [0.2, 0.25) is 0 Å². The summed E-state index contributed by atoms with van der Waals surface area (Å²) < 4.78 is 1.80. The molecule has 0 unspecified atom stereocenters. The molecule has 10 heteroatoms. The van der Waals surface area contributed by atoms with E-state index in [1.807, 2.05) is 7.05 Å². The lowest BCUT2D eigenvalue weighted by Crippen LogP contribution is -2.29. The van der Waals surface area contributed by atoms with Gasteiger partial charge in [-0.1, -0.05) is 11.8 Å². The number of hydrogen-bond acceptors (Lipinski definition) is 6. The Labute approximate surface area is 139 Å². The Kier molecular flexibility index (Phi) is 4.47. The summed E-state index contributed by atoms with van der Waals surface area (Å²) in [4.78, 5) is 39.6. The quantitative estimate of drug-likeness (QED) is 0.336.